The summed E-state index contributed by atoms with van der Waals surface area (Å²) in [5.74, 6) is 0.818. The van der Waals surface area contributed by atoms with Gasteiger partial charge in [-0.25, -0.2) is 8.42 Å². The van der Waals surface area contributed by atoms with Gasteiger partial charge in [-0.15, -0.1) is 0 Å². The highest BCUT2D eigenvalue weighted by Crippen LogP contribution is 2.30. The molecule has 0 amide bonds. The van der Waals surface area contributed by atoms with Gasteiger partial charge in [0.1, 0.15) is 0 Å². The first-order valence-electron chi connectivity index (χ1n) is 7.16. The van der Waals surface area contributed by atoms with E-state index in [2.05, 4.69) is 11.8 Å². The van der Waals surface area contributed by atoms with E-state index in [1.807, 2.05) is 6.07 Å². The van der Waals surface area contributed by atoms with Crippen LogP contribution in [0.1, 0.15) is 32.6 Å². The SMILES string of the molecule is CCCC1CCN(c2ccc(Cl)c(S(C)(=O)=O)c2)CC1. The molecule has 1 aromatic carbocycles. The largest absolute Gasteiger partial charge is 0.371 e. The number of rotatable bonds is 4. The zero-order chi connectivity index (χ0) is 14.8. The predicted molar refractivity (Wildman–Crippen MR) is 84.4 cm³/mol. The summed E-state index contributed by atoms with van der Waals surface area (Å²) in [5, 5.41) is 0.303. The Morgan fingerprint density at radius 3 is 2.50 bits per heavy atom. The van der Waals surface area contributed by atoms with Crippen molar-refractivity contribution in [2.75, 3.05) is 24.2 Å². The molecular weight excluding hydrogens is 294 g/mol. The molecule has 0 radical (unpaired) electrons. The normalized spacial score (nSPS) is 17.4. The second-order valence-corrected chi connectivity index (χ2v) is 8.00. The highest BCUT2D eigenvalue weighted by molar-refractivity contribution is 7.90. The van der Waals surface area contributed by atoms with Crippen molar-refractivity contribution in [1.29, 1.82) is 0 Å². The molecule has 1 aromatic rings. The smallest absolute Gasteiger partial charge is 0.177 e. The van der Waals surface area contributed by atoms with Crippen LogP contribution in [0.4, 0.5) is 5.69 Å². The van der Waals surface area contributed by atoms with E-state index in [9.17, 15) is 8.42 Å². The molecule has 0 unspecified atom stereocenters. The maximum absolute atomic E-state index is 11.7. The monoisotopic (exact) mass is 315 g/mol. The lowest BCUT2D eigenvalue weighted by Gasteiger charge is -2.33. The average molecular weight is 316 g/mol. The zero-order valence-corrected chi connectivity index (χ0v) is 13.7. The van der Waals surface area contributed by atoms with Gasteiger partial charge in [-0.2, -0.15) is 0 Å². The third kappa shape index (κ3) is 3.67. The fourth-order valence-electron chi connectivity index (χ4n) is 2.86. The maximum Gasteiger partial charge on any atom is 0.177 e. The number of nitrogens with zero attached hydrogens (tertiary/aromatic N) is 1. The van der Waals surface area contributed by atoms with E-state index in [0.29, 0.717) is 5.02 Å². The van der Waals surface area contributed by atoms with Crippen LogP contribution in [0.2, 0.25) is 5.02 Å². The van der Waals surface area contributed by atoms with Crippen molar-refractivity contribution >= 4 is 27.1 Å². The predicted octanol–water partition coefficient (Wildman–Crippen LogP) is 3.76. The number of sulfone groups is 1. The first-order chi connectivity index (χ1) is 9.41. The van der Waals surface area contributed by atoms with Crippen LogP contribution in [0.5, 0.6) is 0 Å². The van der Waals surface area contributed by atoms with Crippen LogP contribution >= 0.6 is 11.6 Å². The number of hydrogen-bond acceptors (Lipinski definition) is 3. The summed E-state index contributed by atoms with van der Waals surface area (Å²) in [5.41, 5.74) is 0.963. The lowest BCUT2D eigenvalue weighted by Crippen LogP contribution is -2.33. The van der Waals surface area contributed by atoms with Crippen LogP contribution in [0.3, 0.4) is 0 Å². The molecule has 1 aliphatic heterocycles. The summed E-state index contributed by atoms with van der Waals surface area (Å²) < 4.78 is 23.4. The molecule has 0 saturated carbocycles. The molecule has 0 bridgehead atoms. The number of anilines is 1. The first-order valence-corrected chi connectivity index (χ1v) is 9.43. The van der Waals surface area contributed by atoms with Crippen LogP contribution in [-0.4, -0.2) is 27.8 Å². The highest BCUT2D eigenvalue weighted by atomic mass is 35.5. The highest BCUT2D eigenvalue weighted by Gasteiger charge is 2.20. The molecule has 0 spiro atoms. The minimum atomic E-state index is -3.27. The Morgan fingerprint density at radius 1 is 1.30 bits per heavy atom. The number of benzene rings is 1. The van der Waals surface area contributed by atoms with E-state index in [0.717, 1.165) is 24.7 Å². The van der Waals surface area contributed by atoms with E-state index in [4.69, 9.17) is 11.6 Å². The van der Waals surface area contributed by atoms with Gasteiger partial charge >= 0.3 is 0 Å². The van der Waals surface area contributed by atoms with Crippen LogP contribution in [0, 0.1) is 5.92 Å². The summed E-state index contributed by atoms with van der Waals surface area (Å²) in [4.78, 5) is 2.49. The molecular formula is C15H22ClNO2S. The van der Waals surface area contributed by atoms with E-state index >= 15 is 0 Å². The third-order valence-electron chi connectivity index (χ3n) is 3.99. The lowest BCUT2D eigenvalue weighted by atomic mass is 9.92. The van der Waals surface area contributed by atoms with Crippen LogP contribution < -0.4 is 4.90 Å². The van der Waals surface area contributed by atoms with Gasteiger partial charge in [0.05, 0.1) is 9.92 Å². The Morgan fingerprint density at radius 2 is 1.95 bits per heavy atom. The van der Waals surface area contributed by atoms with Gasteiger partial charge in [-0.05, 0) is 37.0 Å². The van der Waals surface area contributed by atoms with E-state index in [-0.39, 0.29) is 4.90 Å². The molecule has 0 atom stereocenters. The van der Waals surface area contributed by atoms with Crippen molar-refractivity contribution in [3.8, 4) is 0 Å². The van der Waals surface area contributed by atoms with Gasteiger partial charge in [0, 0.05) is 25.0 Å². The van der Waals surface area contributed by atoms with E-state index in [1.54, 1.807) is 12.1 Å². The molecule has 1 aliphatic rings. The summed E-state index contributed by atoms with van der Waals surface area (Å²) in [6, 6.07) is 5.31. The van der Waals surface area contributed by atoms with Crippen molar-refractivity contribution < 1.29 is 8.42 Å². The van der Waals surface area contributed by atoms with Gasteiger partial charge < -0.3 is 4.90 Å². The van der Waals surface area contributed by atoms with Gasteiger partial charge in [0.15, 0.2) is 9.84 Å². The molecule has 0 aliphatic carbocycles. The summed E-state index contributed by atoms with van der Waals surface area (Å²) in [6.45, 7) is 4.22. The molecule has 5 heteroatoms. The topological polar surface area (TPSA) is 37.4 Å². The summed E-state index contributed by atoms with van der Waals surface area (Å²) >= 11 is 5.99. The van der Waals surface area contributed by atoms with Gasteiger partial charge in [0.25, 0.3) is 0 Å². The molecule has 20 heavy (non-hydrogen) atoms. The molecule has 1 fully saturated rings. The number of hydrogen-bond donors (Lipinski definition) is 0. The first kappa shape index (κ1) is 15.6. The minimum absolute atomic E-state index is 0.229. The Bertz CT molecular complexity index is 563. The molecule has 112 valence electrons. The molecule has 1 heterocycles. The van der Waals surface area contributed by atoms with Crippen molar-refractivity contribution in [3.63, 3.8) is 0 Å². The van der Waals surface area contributed by atoms with Gasteiger partial charge in [0.2, 0.25) is 0 Å². The maximum atomic E-state index is 11.7. The van der Waals surface area contributed by atoms with E-state index in [1.165, 1.54) is 31.9 Å². The number of halogens is 1. The van der Waals surface area contributed by atoms with Crippen molar-refractivity contribution in [2.24, 2.45) is 5.92 Å². The fraction of sp³-hybridized carbons (Fsp3) is 0.600. The quantitative estimate of drug-likeness (QED) is 0.849. The Labute approximate surface area is 126 Å². The number of piperidine rings is 1. The average Bonchev–Trinajstić information content (AvgIpc) is 2.39. The molecule has 1 saturated heterocycles. The van der Waals surface area contributed by atoms with E-state index < -0.39 is 9.84 Å². The molecule has 0 aromatic heterocycles. The summed E-state index contributed by atoms with van der Waals surface area (Å²) in [6.07, 6.45) is 6.10. The van der Waals surface area contributed by atoms with Crippen LogP contribution in [0.25, 0.3) is 0 Å². The van der Waals surface area contributed by atoms with Crippen LogP contribution in [0.15, 0.2) is 23.1 Å². The second kappa shape index (κ2) is 6.35. The standard InChI is InChI=1S/C15H22ClNO2S/c1-3-4-12-7-9-17(10-8-12)13-5-6-14(16)15(11-13)20(2,18)19/h5-6,11-12H,3-4,7-10H2,1-2H3. The van der Waals surface area contributed by atoms with Crippen molar-refractivity contribution in [2.45, 2.75) is 37.5 Å². The zero-order valence-electron chi connectivity index (χ0n) is 12.1. The van der Waals surface area contributed by atoms with Crippen LogP contribution in [-0.2, 0) is 9.84 Å². The second-order valence-electron chi connectivity index (χ2n) is 5.61. The molecule has 3 nitrogen and oxygen atoms in total. The minimum Gasteiger partial charge on any atom is -0.371 e. The van der Waals surface area contributed by atoms with Gasteiger partial charge in [-0.1, -0.05) is 31.4 Å². The Hall–Kier alpha value is -0.740. The van der Waals surface area contributed by atoms with Gasteiger partial charge in [-0.3, -0.25) is 0 Å². The van der Waals surface area contributed by atoms with Crippen molar-refractivity contribution in [3.05, 3.63) is 23.2 Å². The summed E-state index contributed by atoms with van der Waals surface area (Å²) in [7, 11) is -3.27. The Balaban J connectivity index is 2.15. The lowest BCUT2D eigenvalue weighted by molar-refractivity contribution is 0.378. The third-order valence-corrected chi connectivity index (χ3v) is 5.57. The molecule has 0 N–H and O–H groups in total. The fourth-order valence-corrected chi connectivity index (χ4v) is 4.16. The Kier molecular flexibility index (Phi) is 4.97. The van der Waals surface area contributed by atoms with Crippen molar-refractivity contribution in [1.82, 2.24) is 0 Å². The molecule has 2 rings (SSSR count).